The van der Waals surface area contributed by atoms with E-state index in [9.17, 15) is 22.8 Å². The van der Waals surface area contributed by atoms with Crippen LogP contribution in [0.3, 0.4) is 0 Å². The zero-order valence-corrected chi connectivity index (χ0v) is 18.8. The van der Waals surface area contributed by atoms with E-state index in [0.717, 1.165) is 5.56 Å². The molecule has 0 spiro atoms. The second-order valence-electron chi connectivity index (χ2n) is 7.67. The molecule has 0 aliphatic rings. The summed E-state index contributed by atoms with van der Waals surface area (Å²) in [7, 11) is 0. The fourth-order valence-corrected chi connectivity index (χ4v) is 3.56. The van der Waals surface area contributed by atoms with Crippen LogP contribution in [0, 0.1) is 24.4 Å². The number of benzene rings is 3. The Morgan fingerprint density at radius 3 is 2.37 bits per heavy atom. The van der Waals surface area contributed by atoms with Crippen LogP contribution in [0.15, 0.2) is 66.7 Å². The Bertz CT molecular complexity index is 1410. The molecule has 0 bridgehead atoms. The normalized spacial score (nSPS) is 10.8. The number of hydrogen-bond donors (Lipinski definition) is 1. The number of esters is 1. The van der Waals surface area contributed by atoms with Gasteiger partial charge in [-0.25, -0.2) is 22.6 Å². The predicted octanol–water partition coefficient (Wildman–Crippen LogP) is 5.69. The first-order valence-electron chi connectivity index (χ1n) is 10.7. The van der Waals surface area contributed by atoms with E-state index in [0.29, 0.717) is 29.1 Å². The highest BCUT2D eigenvalue weighted by Gasteiger charge is 2.21. The molecule has 0 unspecified atom stereocenters. The van der Waals surface area contributed by atoms with Gasteiger partial charge in [0.25, 0.3) is 5.91 Å². The zero-order valence-electron chi connectivity index (χ0n) is 18.8. The number of rotatable bonds is 6. The van der Waals surface area contributed by atoms with Gasteiger partial charge in [-0.15, -0.1) is 0 Å². The van der Waals surface area contributed by atoms with Gasteiger partial charge in [-0.05, 0) is 49.7 Å². The van der Waals surface area contributed by atoms with E-state index in [-0.39, 0.29) is 18.0 Å². The molecule has 0 fully saturated rings. The van der Waals surface area contributed by atoms with Crippen molar-refractivity contribution in [1.82, 2.24) is 9.78 Å². The largest absolute Gasteiger partial charge is 0.461 e. The van der Waals surface area contributed by atoms with Crippen molar-refractivity contribution in [2.75, 3.05) is 11.9 Å². The molecule has 178 valence electrons. The lowest BCUT2D eigenvalue weighted by atomic mass is 10.1. The van der Waals surface area contributed by atoms with E-state index < -0.39 is 34.9 Å². The number of aryl methyl sites for hydroxylation is 1. The maximum Gasteiger partial charge on any atom is 0.358 e. The number of aromatic nitrogens is 2. The first kappa shape index (κ1) is 23.7. The lowest BCUT2D eigenvalue weighted by Gasteiger charge is -2.11. The molecule has 1 heterocycles. The molecule has 0 radical (unpaired) electrons. The van der Waals surface area contributed by atoms with E-state index in [1.54, 1.807) is 35.9 Å². The summed E-state index contributed by atoms with van der Waals surface area (Å²) < 4.78 is 47.9. The summed E-state index contributed by atoms with van der Waals surface area (Å²) in [4.78, 5) is 24.9. The van der Waals surface area contributed by atoms with Crippen LogP contribution in [0.2, 0.25) is 0 Å². The van der Waals surface area contributed by atoms with Gasteiger partial charge in [0, 0.05) is 23.4 Å². The summed E-state index contributed by atoms with van der Waals surface area (Å²) in [6.45, 7) is 3.79. The number of halogens is 3. The number of amides is 1. The Hall–Kier alpha value is -4.40. The van der Waals surface area contributed by atoms with E-state index in [1.807, 2.05) is 31.2 Å². The smallest absolute Gasteiger partial charge is 0.358 e. The SMILES string of the molecule is CCOC(=O)c1cc(-c2cccc(NC(=O)c3c(F)cc(F)cc3F)c2)n(-c2cccc(C)c2)n1. The van der Waals surface area contributed by atoms with Gasteiger partial charge in [0.2, 0.25) is 0 Å². The van der Waals surface area contributed by atoms with Gasteiger partial charge < -0.3 is 10.1 Å². The van der Waals surface area contributed by atoms with Crippen molar-refractivity contribution >= 4 is 17.6 Å². The summed E-state index contributed by atoms with van der Waals surface area (Å²) in [5.74, 6) is -5.41. The lowest BCUT2D eigenvalue weighted by molar-refractivity contribution is 0.0518. The summed E-state index contributed by atoms with van der Waals surface area (Å²) in [5.41, 5.74) is 2.18. The second kappa shape index (κ2) is 9.84. The molecule has 0 atom stereocenters. The molecule has 0 saturated heterocycles. The molecule has 0 aliphatic carbocycles. The molecule has 1 amide bonds. The van der Waals surface area contributed by atoms with Crippen LogP contribution in [0.5, 0.6) is 0 Å². The molecule has 35 heavy (non-hydrogen) atoms. The van der Waals surface area contributed by atoms with Crippen molar-refractivity contribution in [3.8, 4) is 16.9 Å². The number of hydrogen-bond acceptors (Lipinski definition) is 4. The standard InChI is InChI=1S/C26H20F3N3O3/c1-3-35-26(34)22-14-23(32(31-22)19-9-4-6-15(2)10-19)16-7-5-8-18(11-16)30-25(33)24-20(28)12-17(27)13-21(24)29/h4-14H,3H2,1-2H3,(H,30,33). The van der Waals surface area contributed by atoms with E-state index >= 15 is 0 Å². The van der Waals surface area contributed by atoms with Crippen LogP contribution in [0.1, 0.15) is 33.3 Å². The Morgan fingerprint density at radius 2 is 1.69 bits per heavy atom. The van der Waals surface area contributed by atoms with Gasteiger partial charge >= 0.3 is 5.97 Å². The minimum absolute atomic E-state index is 0.0910. The molecular formula is C26H20F3N3O3. The van der Waals surface area contributed by atoms with E-state index in [1.165, 1.54) is 6.07 Å². The number of anilines is 1. The summed E-state index contributed by atoms with van der Waals surface area (Å²) in [6.07, 6.45) is 0. The van der Waals surface area contributed by atoms with Crippen LogP contribution >= 0.6 is 0 Å². The van der Waals surface area contributed by atoms with Crippen molar-refractivity contribution in [1.29, 1.82) is 0 Å². The third-order valence-corrected chi connectivity index (χ3v) is 5.09. The van der Waals surface area contributed by atoms with Crippen LogP contribution < -0.4 is 5.32 Å². The highest BCUT2D eigenvalue weighted by Crippen LogP contribution is 2.28. The van der Waals surface area contributed by atoms with Crippen molar-refractivity contribution in [2.24, 2.45) is 0 Å². The fourth-order valence-electron chi connectivity index (χ4n) is 3.56. The second-order valence-corrected chi connectivity index (χ2v) is 7.67. The number of carbonyl (C=O) groups is 2. The van der Waals surface area contributed by atoms with Crippen molar-refractivity contribution in [3.63, 3.8) is 0 Å². The number of nitrogens with one attached hydrogen (secondary N) is 1. The molecule has 9 heteroatoms. The highest BCUT2D eigenvalue weighted by atomic mass is 19.1. The van der Waals surface area contributed by atoms with Gasteiger partial charge in [-0.2, -0.15) is 5.10 Å². The van der Waals surface area contributed by atoms with Gasteiger partial charge in [0.15, 0.2) is 5.69 Å². The molecule has 3 aromatic carbocycles. The molecule has 1 aromatic heterocycles. The third kappa shape index (κ3) is 5.08. The molecule has 4 aromatic rings. The van der Waals surface area contributed by atoms with E-state index in [4.69, 9.17) is 4.74 Å². The van der Waals surface area contributed by atoms with Crippen LogP contribution in [-0.4, -0.2) is 28.3 Å². The van der Waals surface area contributed by atoms with Gasteiger partial charge in [-0.3, -0.25) is 4.79 Å². The predicted molar refractivity (Wildman–Crippen MR) is 124 cm³/mol. The Balaban J connectivity index is 1.73. The molecule has 0 aliphatic heterocycles. The van der Waals surface area contributed by atoms with Crippen LogP contribution in [0.4, 0.5) is 18.9 Å². The van der Waals surface area contributed by atoms with Crippen molar-refractivity contribution < 1.29 is 27.5 Å². The Morgan fingerprint density at radius 1 is 0.971 bits per heavy atom. The Kier molecular flexibility index (Phi) is 6.68. The Labute approximate surface area is 199 Å². The van der Waals surface area contributed by atoms with Crippen LogP contribution in [0.25, 0.3) is 16.9 Å². The molecule has 1 N–H and O–H groups in total. The fraction of sp³-hybridized carbons (Fsp3) is 0.115. The maximum absolute atomic E-state index is 14.0. The minimum atomic E-state index is -1.31. The first-order valence-corrected chi connectivity index (χ1v) is 10.7. The number of ether oxygens (including phenoxy) is 1. The van der Waals surface area contributed by atoms with Crippen molar-refractivity contribution in [3.05, 3.63) is 101 Å². The highest BCUT2D eigenvalue weighted by molar-refractivity contribution is 6.05. The maximum atomic E-state index is 14.0. The number of nitrogens with zero attached hydrogens (tertiary/aromatic N) is 2. The summed E-state index contributed by atoms with van der Waals surface area (Å²) in [5, 5.41) is 6.83. The monoisotopic (exact) mass is 479 g/mol. The quantitative estimate of drug-likeness (QED) is 0.361. The average Bonchev–Trinajstić information content (AvgIpc) is 3.24. The molecule has 4 rings (SSSR count). The number of carbonyl (C=O) groups excluding carboxylic acids is 2. The third-order valence-electron chi connectivity index (χ3n) is 5.09. The summed E-state index contributed by atoms with van der Waals surface area (Å²) in [6, 6.07) is 16.4. The van der Waals surface area contributed by atoms with Crippen LogP contribution in [-0.2, 0) is 4.74 Å². The molecule has 0 saturated carbocycles. The molecular weight excluding hydrogens is 459 g/mol. The average molecular weight is 479 g/mol. The van der Waals surface area contributed by atoms with Gasteiger partial charge in [0.05, 0.1) is 18.0 Å². The topological polar surface area (TPSA) is 73.2 Å². The van der Waals surface area contributed by atoms with Gasteiger partial charge in [0.1, 0.15) is 23.0 Å². The first-order chi connectivity index (χ1) is 16.8. The molecule has 6 nitrogen and oxygen atoms in total. The van der Waals surface area contributed by atoms with E-state index in [2.05, 4.69) is 10.4 Å². The zero-order chi connectivity index (χ0) is 25.1. The van der Waals surface area contributed by atoms with Gasteiger partial charge in [-0.1, -0.05) is 24.3 Å². The minimum Gasteiger partial charge on any atom is -0.461 e. The summed E-state index contributed by atoms with van der Waals surface area (Å²) >= 11 is 0. The van der Waals surface area contributed by atoms with Crippen molar-refractivity contribution in [2.45, 2.75) is 13.8 Å². The lowest BCUT2D eigenvalue weighted by Crippen LogP contribution is -2.16.